The molecule has 2 amide bonds. The lowest BCUT2D eigenvalue weighted by Crippen LogP contribution is -2.35. The summed E-state index contributed by atoms with van der Waals surface area (Å²) < 4.78 is 0. The van der Waals surface area contributed by atoms with Crippen molar-refractivity contribution in [3.05, 3.63) is 130 Å². The van der Waals surface area contributed by atoms with Gasteiger partial charge in [0.05, 0.1) is 6.42 Å². The van der Waals surface area contributed by atoms with Gasteiger partial charge in [-0.2, -0.15) is 0 Å². The van der Waals surface area contributed by atoms with E-state index in [-0.39, 0.29) is 24.8 Å². The first-order chi connectivity index (χ1) is 19.3. The Balaban J connectivity index is 1.62. The zero-order valence-electron chi connectivity index (χ0n) is 22.9. The number of aryl methyl sites for hydroxylation is 2. The maximum absolute atomic E-state index is 13.9. The molecule has 4 aromatic carbocycles. The minimum atomic E-state index is -0.961. The summed E-state index contributed by atoms with van der Waals surface area (Å²) >= 11 is 0. The van der Waals surface area contributed by atoms with Gasteiger partial charge in [0.15, 0.2) is 0 Å². The van der Waals surface area contributed by atoms with Crippen LogP contribution < -0.4 is 5.32 Å². The average molecular weight is 535 g/mol. The first kappa shape index (κ1) is 28.3. The Morgan fingerprint density at radius 2 is 1.20 bits per heavy atom. The molecule has 4 rings (SSSR count). The summed E-state index contributed by atoms with van der Waals surface area (Å²) in [6, 6.07) is 30.3. The van der Waals surface area contributed by atoms with Crippen molar-refractivity contribution in [1.29, 1.82) is 0 Å². The Hall–Kier alpha value is -4.71. The second kappa shape index (κ2) is 13.4. The normalized spacial score (nSPS) is 10.7. The van der Waals surface area contributed by atoms with E-state index >= 15 is 0 Å². The van der Waals surface area contributed by atoms with Crippen molar-refractivity contribution in [1.82, 2.24) is 10.2 Å². The highest BCUT2D eigenvalue weighted by atomic mass is 16.4. The summed E-state index contributed by atoms with van der Waals surface area (Å²) in [6.45, 7) is 4.89. The fourth-order valence-electron chi connectivity index (χ4n) is 4.76. The maximum Gasteiger partial charge on any atom is 0.305 e. The smallest absolute Gasteiger partial charge is 0.305 e. The van der Waals surface area contributed by atoms with E-state index in [0.29, 0.717) is 41.8 Å². The third-order valence-corrected chi connectivity index (χ3v) is 7.12. The molecule has 6 heteroatoms. The topological polar surface area (TPSA) is 86.7 Å². The van der Waals surface area contributed by atoms with Crippen LogP contribution in [-0.4, -0.2) is 40.9 Å². The van der Waals surface area contributed by atoms with Gasteiger partial charge >= 0.3 is 5.97 Å². The number of rotatable bonds is 11. The maximum atomic E-state index is 13.9. The number of aliphatic carboxylic acids is 1. The Morgan fingerprint density at radius 1 is 0.675 bits per heavy atom. The van der Waals surface area contributed by atoms with Crippen LogP contribution in [0.4, 0.5) is 0 Å². The van der Waals surface area contributed by atoms with Gasteiger partial charge in [-0.1, -0.05) is 84.9 Å². The molecule has 0 aliphatic heterocycles. The first-order valence-electron chi connectivity index (χ1n) is 13.4. The van der Waals surface area contributed by atoms with Gasteiger partial charge in [0, 0.05) is 30.8 Å². The number of nitrogens with one attached hydrogen (secondary N) is 1. The Kier molecular flexibility index (Phi) is 9.47. The van der Waals surface area contributed by atoms with E-state index in [1.807, 2.05) is 86.6 Å². The number of hydrogen-bond donors (Lipinski definition) is 2. The van der Waals surface area contributed by atoms with E-state index in [0.717, 1.165) is 22.3 Å². The second-order valence-corrected chi connectivity index (χ2v) is 9.81. The molecule has 0 aliphatic carbocycles. The van der Waals surface area contributed by atoms with Crippen molar-refractivity contribution in [2.45, 2.75) is 33.2 Å². The zero-order valence-corrected chi connectivity index (χ0v) is 22.9. The Labute approximate surface area is 235 Å². The van der Waals surface area contributed by atoms with Gasteiger partial charge in [-0.25, -0.2) is 0 Å². The third-order valence-electron chi connectivity index (χ3n) is 7.12. The van der Waals surface area contributed by atoms with Gasteiger partial charge in [-0.05, 0) is 65.8 Å². The van der Waals surface area contributed by atoms with E-state index in [2.05, 4.69) is 5.32 Å². The lowest BCUT2D eigenvalue weighted by Gasteiger charge is -2.24. The zero-order chi connectivity index (χ0) is 28.5. The number of amides is 2. The monoisotopic (exact) mass is 534 g/mol. The van der Waals surface area contributed by atoms with E-state index in [1.165, 1.54) is 0 Å². The van der Waals surface area contributed by atoms with Gasteiger partial charge in [-0.3, -0.25) is 14.4 Å². The van der Waals surface area contributed by atoms with Crippen LogP contribution in [0.15, 0.2) is 97.1 Å². The van der Waals surface area contributed by atoms with E-state index < -0.39 is 5.97 Å². The highest BCUT2D eigenvalue weighted by molar-refractivity contribution is 6.06. The van der Waals surface area contributed by atoms with Crippen LogP contribution in [-0.2, 0) is 17.8 Å². The predicted octanol–water partition coefficient (Wildman–Crippen LogP) is 6.06. The highest BCUT2D eigenvalue weighted by Gasteiger charge is 2.22. The van der Waals surface area contributed by atoms with Gasteiger partial charge in [0.25, 0.3) is 11.8 Å². The van der Waals surface area contributed by atoms with Crippen LogP contribution in [0.2, 0.25) is 0 Å². The molecular weight excluding hydrogens is 500 g/mol. The molecule has 0 bridgehead atoms. The van der Waals surface area contributed by atoms with Crippen LogP contribution in [0.1, 0.15) is 49.4 Å². The molecule has 0 saturated carbocycles. The molecule has 0 aliphatic rings. The molecule has 0 unspecified atom stereocenters. The summed E-state index contributed by atoms with van der Waals surface area (Å²) in [5, 5.41) is 12.4. The van der Waals surface area contributed by atoms with Crippen molar-refractivity contribution in [2.24, 2.45) is 0 Å². The quantitative estimate of drug-likeness (QED) is 0.245. The number of carboxylic acids is 1. The first-order valence-corrected chi connectivity index (χ1v) is 13.4. The SMILES string of the molecule is Cc1ccccc1CCN(CCC(=O)O)C(=O)c1ccccc1-c1ccccc1C(=O)NCc1ccccc1C. The van der Waals surface area contributed by atoms with Crippen molar-refractivity contribution in [2.75, 3.05) is 13.1 Å². The Morgan fingerprint density at radius 3 is 1.82 bits per heavy atom. The lowest BCUT2D eigenvalue weighted by atomic mass is 9.94. The number of carboxylic acid groups (broad SMARTS) is 1. The van der Waals surface area contributed by atoms with Crippen molar-refractivity contribution >= 4 is 17.8 Å². The standard InChI is InChI=1S/C34H34N2O4/c1-24-11-3-5-13-26(24)19-21-36(22-20-32(37)38)34(40)31-18-10-8-16-29(31)28-15-7-9-17-30(28)33(39)35-23-27-14-6-4-12-25(27)2/h3-18H,19-23H2,1-2H3,(H,35,39)(H,37,38). The predicted molar refractivity (Wildman–Crippen MR) is 157 cm³/mol. The molecule has 0 atom stereocenters. The molecule has 6 nitrogen and oxygen atoms in total. The summed E-state index contributed by atoms with van der Waals surface area (Å²) in [5.74, 6) is -1.46. The molecule has 0 radical (unpaired) electrons. The molecule has 4 aromatic rings. The number of benzene rings is 4. The lowest BCUT2D eigenvalue weighted by molar-refractivity contribution is -0.137. The largest absolute Gasteiger partial charge is 0.481 e. The van der Waals surface area contributed by atoms with E-state index in [1.54, 1.807) is 29.2 Å². The van der Waals surface area contributed by atoms with Gasteiger partial charge < -0.3 is 15.3 Å². The molecule has 0 heterocycles. The van der Waals surface area contributed by atoms with E-state index in [9.17, 15) is 19.5 Å². The Bertz CT molecular complexity index is 1510. The number of nitrogens with zero attached hydrogens (tertiary/aromatic N) is 1. The van der Waals surface area contributed by atoms with Crippen molar-refractivity contribution < 1.29 is 19.5 Å². The average Bonchev–Trinajstić information content (AvgIpc) is 2.97. The fourth-order valence-corrected chi connectivity index (χ4v) is 4.76. The van der Waals surface area contributed by atoms with Crippen LogP contribution in [0.25, 0.3) is 11.1 Å². The number of carbonyl (C=O) groups excluding carboxylic acids is 2. The molecule has 2 N–H and O–H groups in total. The summed E-state index contributed by atoms with van der Waals surface area (Å²) in [5.41, 5.74) is 6.53. The van der Waals surface area contributed by atoms with Gasteiger partial charge in [0.1, 0.15) is 0 Å². The summed E-state index contributed by atoms with van der Waals surface area (Å²) in [4.78, 5) is 40.3. The van der Waals surface area contributed by atoms with Crippen LogP contribution >= 0.6 is 0 Å². The minimum Gasteiger partial charge on any atom is -0.481 e. The summed E-state index contributed by atoms with van der Waals surface area (Å²) in [7, 11) is 0. The molecule has 40 heavy (non-hydrogen) atoms. The molecule has 204 valence electrons. The molecule has 0 saturated heterocycles. The minimum absolute atomic E-state index is 0.0902. The number of carbonyl (C=O) groups is 3. The number of hydrogen-bond acceptors (Lipinski definition) is 3. The second-order valence-electron chi connectivity index (χ2n) is 9.81. The van der Waals surface area contributed by atoms with Crippen LogP contribution in [0, 0.1) is 13.8 Å². The van der Waals surface area contributed by atoms with Gasteiger partial charge in [-0.15, -0.1) is 0 Å². The molecular formula is C34H34N2O4. The van der Waals surface area contributed by atoms with Crippen molar-refractivity contribution in [3.63, 3.8) is 0 Å². The fraction of sp³-hybridized carbons (Fsp3) is 0.206. The highest BCUT2D eigenvalue weighted by Crippen LogP contribution is 2.28. The van der Waals surface area contributed by atoms with Crippen LogP contribution in [0.5, 0.6) is 0 Å². The molecule has 0 aromatic heterocycles. The molecule has 0 spiro atoms. The molecule has 0 fully saturated rings. The van der Waals surface area contributed by atoms with E-state index in [4.69, 9.17) is 0 Å². The summed E-state index contributed by atoms with van der Waals surface area (Å²) in [6.07, 6.45) is 0.456. The third kappa shape index (κ3) is 7.03. The van der Waals surface area contributed by atoms with Crippen LogP contribution in [0.3, 0.4) is 0 Å². The van der Waals surface area contributed by atoms with Gasteiger partial charge in [0.2, 0.25) is 0 Å². The van der Waals surface area contributed by atoms with Crippen molar-refractivity contribution in [3.8, 4) is 11.1 Å².